The van der Waals surface area contributed by atoms with E-state index in [-0.39, 0.29) is 0 Å². The Bertz CT molecular complexity index is 394. The molecule has 1 aliphatic rings. The van der Waals surface area contributed by atoms with Crippen LogP contribution in [0.3, 0.4) is 0 Å². The Labute approximate surface area is 125 Å². The molecule has 1 aromatic rings. The molecule has 0 amide bonds. The highest BCUT2D eigenvalue weighted by molar-refractivity contribution is 9.10. The number of hydrogen-bond donors (Lipinski definition) is 2. The number of rotatable bonds is 5. The third kappa shape index (κ3) is 3.80. The highest BCUT2D eigenvalue weighted by Gasteiger charge is 2.30. The van der Waals surface area contributed by atoms with Crippen molar-refractivity contribution in [3.8, 4) is 0 Å². The summed E-state index contributed by atoms with van der Waals surface area (Å²) < 4.78 is 1.19. The van der Waals surface area contributed by atoms with Gasteiger partial charge < -0.3 is 0 Å². The minimum atomic E-state index is 0.393. The first-order valence-corrected chi connectivity index (χ1v) is 8.25. The van der Waals surface area contributed by atoms with E-state index in [1.54, 1.807) is 0 Å². The smallest absolute Gasteiger partial charge is 0.0282 e. The highest BCUT2D eigenvalue weighted by Crippen LogP contribution is 2.35. The zero-order valence-corrected chi connectivity index (χ0v) is 13.3. The van der Waals surface area contributed by atoms with E-state index in [9.17, 15) is 0 Å². The second-order valence-corrected chi connectivity index (χ2v) is 6.54. The Balaban J connectivity index is 2.08. The van der Waals surface area contributed by atoms with Gasteiger partial charge in [-0.15, -0.1) is 0 Å². The van der Waals surface area contributed by atoms with Crippen molar-refractivity contribution in [1.29, 1.82) is 0 Å². The van der Waals surface area contributed by atoms with E-state index in [4.69, 9.17) is 5.84 Å². The fraction of sp³-hybridized carbons (Fsp3) is 0.625. The first-order valence-electron chi connectivity index (χ1n) is 7.45. The lowest BCUT2D eigenvalue weighted by atomic mass is 9.73. The van der Waals surface area contributed by atoms with E-state index in [2.05, 4.69) is 52.5 Å². The number of nitrogens with one attached hydrogen (secondary N) is 1. The molecular formula is C16H25BrN2. The van der Waals surface area contributed by atoms with Gasteiger partial charge in [0.25, 0.3) is 0 Å². The quantitative estimate of drug-likeness (QED) is 0.633. The van der Waals surface area contributed by atoms with Gasteiger partial charge in [-0.05, 0) is 36.3 Å². The largest absolute Gasteiger partial charge is 0.271 e. The Morgan fingerprint density at radius 2 is 2.05 bits per heavy atom. The summed E-state index contributed by atoms with van der Waals surface area (Å²) in [6.45, 7) is 2.31. The molecule has 0 heterocycles. The van der Waals surface area contributed by atoms with Crippen molar-refractivity contribution < 1.29 is 0 Å². The van der Waals surface area contributed by atoms with E-state index in [1.165, 1.54) is 42.1 Å². The van der Waals surface area contributed by atoms with Gasteiger partial charge >= 0.3 is 0 Å². The maximum atomic E-state index is 5.85. The first kappa shape index (κ1) is 15.0. The Kier molecular flexibility index (Phi) is 5.86. The summed E-state index contributed by atoms with van der Waals surface area (Å²) in [6.07, 6.45) is 7.72. The van der Waals surface area contributed by atoms with Crippen molar-refractivity contribution in [2.75, 3.05) is 0 Å². The van der Waals surface area contributed by atoms with Crippen molar-refractivity contribution >= 4 is 15.9 Å². The predicted octanol–water partition coefficient (Wildman–Crippen LogP) is 4.04. The van der Waals surface area contributed by atoms with Gasteiger partial charge in [0, 0.05) is 10.5 Å². The van der Waals surface area contributed by atoms with Crippen LogP contribution in [0, 0.1) is 11.8 Å². The molecule has 3 unspecified atom stereocenters. The Morgan fingerprint density at radius 1 is 1.32 bits per heavy atom. The van der Waals surface area contributed by atoms with E-state index >= 15 is 0 Å². The summed E-state index contributed by atoms with van der Waals surface area (Å²) in [7, 11) is 0. The van der Waals surface area contributed by atoms with Crippen LogP contribution in [0.15, 0.2) is 28.7 Å². The maximum absolute atomic E-state index is 5.85. The SMILES string of the molecule is CCC1CCCCC1C(Cc1ccccc1Br)NN. The molecule has 1 aliphatic carbocycles. The molecule has 0 saturated heterocycles. The molecule has 0 aromatic heterocycles. The van der Waals surface area contributed by atoms with E-state index in [0.29, 0.717) is 6.04 Å². The topological polar surface area (TPSA) is 38.0 Å². The molecule has 2 rings (SSSR count). The van der Waals surface area contributed by atoms with Crippen LogP contribution in [0.2, 0.25) is 0 Å². The molecule has 1 fully saturated rings. The van der Waals surface area contributed by atoms with Gasteiger partial charge in [0.2, 0.25) is 0 Å². The second kappa shape index (κ2) is 7.41. The van der Waals surface area contributed by atoms with Gasteiger partial charge in [0.05, 0.1) is 0 Å². The van der Waals surface area contributed by atoms with Gasteiger partial charge in [0.15, 0.2) is 0 Å². The third-order valence-electron chi connectivity index (χ3n) is 4.62. The van der Waals surface area contributed by atoms with Crippen LogP contribution in [0.4, 0.5) is 0 Å². The van der Waals surface area contributed by atoms with Gasteiger partial charge in [-0.1, -0.05) is 66.7 Å². The van der Waals surface area contributed by atoms with Crippen molar-refractivity contribution in [2.45, 2.75) is 51.5 Å². The standard InChI is InChI=1S/C16H25BrN2/c1-2-12-7-3-5-9-14(12)16(19-18)11-13-8-4-6-10-15(13)17/h4,6,8,10,12,14,16,19H,2-3,5,7,9,11,18H2,1H3. The summed E-state index contributed by atoms with van der Waals surface area (Å²) in [5.74, 6) is 7.40. The molecule has 0 aliphatic heterocycles. The fourth-order valence-corrected chi connectivity index (χ4v) is 3.95. The van der Waals surface area contributed by atoms with E-state index in [0.717, 1.165) is 18.3 Å². The van der Waals surface area contributed by atoms with Crippen LogP contribution < -0.4 is 11.3 Å². The minimum Gasteiger partial charge on any atom is -0.271 e. The molecule has 1 saturated carbocycles. The summed E-state index contributed by atoms with van der Waals surface area (Å²) in [5.41, 5.74) is 4.44. The molecule has 0 bridgehead atoms. The number of hydrogen-bond acceptors (Lipinski definition) is 2. The third-order valence-corrected chi connectivity index (χ3v) is 5.39. The van der Waals surface area contributed by atoms with Crippen LogP contribution in [0.5, 0.6) is 0 Å². The van der Waals surface area contributed by atoms with Gasteiger partial charge in [-0.3, -0.25) is 11.3 Å². The van der Waals surface area contributed by atoms with Crippen LogP contribution in [-0.2, 0) is 6.42 Å². The summed E-state index contributed by atoms with van der Waals surface area (Å²) in [4.78, 5) is 0. The molecule has 0 spiro atoms. The number of nitrogens with two attached hydrogens (primary N) is 1. The lowest BCUT2D eigenvalue weighted by Crippen LogP contribution is -2.46. The Morgan fingerprint density at radius 3 is 2.74 bits per heavy atom. The van der Waals surface area contributed by atoms with Crippen molar-refractivity contribution in [2.24, 2.45) is 17.7 Å². The summed E-state index contributed by atoms with van der Waals surface area (Å²) in [5, 5.41) is 0. The van der Waals surface area contributed by atoms with Crippen molar-refractivity contribution in [3.05, 3.63) is 34.3 Å². The predicted molar refractivity (Wildman–Crippen MR) is 84.7 cm³/mol. The molecule has 3 heteroatoms. The molecule has 106 valence electrons. The average molecular weight is 325 g/mol. The van der Waals surface area contributed by atoms with E-state index in [1.807, 2.05) is 0 Å². The molecule has 0 radical (unpaired) electrons. The zero-order valence-electron chi connectivity index (χ0n) is 11.7. The Hall–Kier alpha value is -0.380. The van der Waals surface area contributed by atoms with Crippen LogP contribution in [0.1, 0.15) is 44.6 Å². The molecule has 2 nitrogen and oxygen atoms in total. The zero-order chi connectivity index (χ0) is 13.7. The minimum absolute atomic E-state index is 0.393. The van der Waals surface area contributed by atoms with Gasteiger partial charge in [-0.2, -0.15) is 0 Å². The fourth-order valence-electron chi connectivity index (χ4n) is 3.51. The lowest BCUT2D eigenvalue weighted by Gasteiger charge is -2.36. The van der Waals surface area contributed by atoms with Crippen molar-refractivity contribution in [3.63, 3.8) is 0 Å². The van der Waals surface area contributed by atoms with Gasteiger partial charge in [0.1, 0.15) is 0 Å². The number of hydrazine groups is 1. The monoisotopic (exact) mass is 324 g/mol. The molecule has 1 aromatic carbocycles. The second-order valence-electron chi connectivity index (χ2n) is 5.69. The summed E-state index contributed by atoms with van der Waals surface area (Å²) in [6, 6.07) is 8.86. The first-order chi connectivity index (χ1) is 9.26. The number of halogens is 1. The van der Waals surface area contributed by atoms with Crippen LogP contribution in [0.25, 0.3) is 0 Å². The molecular weight excluding hydrogens is 300 g/mol. The highest BCUT2D eigenvalue weighted by atomic mass is 79.9. The molecule has 19 heavy (non-hydrogen) atoms. The average Bonchev–Trinajstić information content (AvgIpc) is 2.46. The van der Waals surface area contributed by atoms with Crippen molar-refractivity contribution in [1.82, 2.24) is 5.43 Å². The van der Waals surface area contributed by atoms with E-state index < -0.39 is 0 Å². The number of benzene rings is 1. The maximum Gasteiger partial charge on any atom is 0.0282 e. The van der Waals surface area contributed by atoms with Gasteiger partial charge in [-0.25, -0.2) is 0 Å². The lowest BCUT2D eigenvalue weighted by molar-refractivity contribution is 0.174. The molecule has 3 atom stereocenters. The van der Waals surface area contributed by atoms with Crippen LogP contribution >= 0.6 is 15.9 Å². The summed E-state index contributed by atoms with van der Waals surface area (Å²) >= 11 is 3.64. The van der Waals surface area contributed by atoms with Crippen LogP contribution in [-0.4, -0.2) is 6.04 Å². The normalized spacial score (nSPS) is 25.2. The molecule has 3 N–H and O–H groups in total.